The molecule has 2 unspecified atom stereocenters. The van der Waals surface area contributed by atoms with Crippen LogP contribution in [0.5, 0.6) is 0 Å². The van der Waals surface area contributed by atoms with Crippen LogP contribution >= 0.6 is 11.6 Å². The van der Waals surface area contributed by atoms with E-state index < -0.39 is 23.5 Å². The number of ether oxygens (including phenoxy) is 1. The topological polar surface area (TPSA) is 43.4 Å². The maximum Gasteiger partial charge on any atom is 0.315 e. The predicted octanol–water partition coefficient (Wildman–Crippen LogP) is 12.7. The van der Waals surface area contributed by atoms with Crippen LogP contribution in [0.25, 0.3) is 0 Å². The molecule has 0 heterocycles. The minimum absolute atomic E-state index is 0.244. The van der Waals surface area contributed by atoms with Gasteiger partial charge in [0.05, 0.1) is 11.8 Å². The monoisotopic (exact) mass is 602 g/mol. The van der Waals surface area contributed by atoms with Crippen molar-refractivity contribution in [1.29, 1.82) is 0 Å². The third-order valence-corrected chi connectivity index (χ3v) is 8.73. The second-order valence-corrected chi connectivity index (χ2v) is 13.0. The zero-order valence-corrected chi connectivity index (χ0v) is 28.1. The minimum atomic E-state index is -1.24. The van der Waals surface area contributed by atoms with Gasteiger partial charge in [-0.15, -0.1) is 11.6 Å². The maximum absolute atomic E-state index is 14.4. The van der Waals surface area contributed by atoms with Crippen molar-refractivity contribution in [3.63, 3.8) is 0 Å². The Labute approximate surface area is 259 Å². The van der Waals surface area contributed by atoms with E-state index in [0.29, 0.717) is 6.42 Å². The standard InChI is InChI=1S/C36H68ClFO3/c1-3-5-7-9-11-13-15-17-18-19-21-23-25-27-29-31-35(39)41-36(40)32-33(37)34(38)30-28-26-24-22-20-16-14-12-10-8-6-4-2/h33-34H,3-32H2,1-2H3. The summed E-state index contributed by atoms with van der Waals surface area (Å²) in [5, 5.41) is -0.922. The van der Waals surface area contributed by atoms with Crippen molar-refractivity contribution < 1.29 is 18.7 Å². The highest BCUT2D eigenvalue weighted by molar-refractivity contribution is 6.22. The Balaban J connectivity index is 3.53. The van der Waals surface area contributed by atoms with E-state index in [-0.39, 0.29) is 12.8 Å². The highest BCUT2D eigenvalue weighted by Crippen LogP contribution is 2.20. The number of hydrogen-bond acceptors (Lipinski definition) is 3. The summed E-state index contributed by atoms with van der Waals surface area (Å²) in [6.45, 7) is 4.51. The van der Waals surface area contributed by atoms with E-state index in [2.05, 4.69) is 13.8 Å². The van der Waals surface area contributed by atoms with Crippen LogP contribution in [-0.4, -0.2) is 23.5 Å². The first kappa shape index (κ1) is 40.4. The lowest BCUT2D eigenvalue weighted by Crippen LogP contribution is -2.23. The summed E-state index contributed by atoms with van der Waals surface area (Å²) in [6.07, 6.45) is 32.9. The highest BCUT2D eigenvalue weighted by atomic mass is 35.5. The Hall–Kier alpha value is -0.640. The molecule has 0 aliphatic rings. The van der Waals surface area contributed by atoms with E-state index in [1.807, 2.05) is 0 Å². The van der Waals surface area contributed by atoms with Gasteiger partial charge >= 0.3 is 11.9 Å². The highest BCUT2D eigenvalue weighted by Gasteiger charge is 2.23. The van der Waals surface area contributed by atoms with Crippen LogP contribution in [0.4, 0.5) is 4.39 Å². The van der Waals surface area contributed by atoms with Crippen molar-refractivity contribution in [3.8, 4) is 0 Å². The number of rotatable bonds is 32. The Morgan fingerprint density at radius 1 is 0.512 bits per heavy atom. The van der Waals surface area contributed by atoms with Gasteiger partial charge in [-0.1, -0.05) is 181 Å². The molecule has 0 bridgehead atoms. The molecule has 0 amide bonds. The number of hydrogen-bond donors (Lipinski definition) is 0. The molecule has 3 nitrogen and oxygen atoms in total. The molecule has 0 aliphatic heterocycles. The molecule has 5 heteroatoms. The largest absolute Gasteiger partial charge is 0.393 e. The number of alkyl halides is 2. The van der Waals surface area contributed by atoms with E-state index in [9.17, 15) is 14.0 Å². The third kappa shape index (κ3) is 30.6. The molecule has 0 rings (SSSR count). The fraction of sp³-hybridized carbons (Fsp3) is 0.944. The summed E-state index contributed by atoms with van der Waals surface area (Å²) >= 11 is 6.11. The zero-order valence-electron chi connectivity index (χ0n) is 27.3. The van der Waals surface area contributed by atoms with Gasteiger partial charge in [-0.05, 0) is 12.8 Å². The lowest BCUT2D eigenvalue weighted by atomic mass is 10.0. The molecule has 0 saturated heterocycles. The molecular weight excluding hydrogens is 535 g/mol. The average molecular weight is 603 g/mol. The van der Waals surface area contributed by atoms with Crippen LogP contribution in [0, 0.1) is 0 Å². The zero-order chi connectivity index (χ0) is 30.2. The van der Waals surface area contributed by atoms with E-state index in [1.165, 1.54) is 135 Å². The SMILES string of the molecule is CCCCCCCCCCCCCCCCCC(=O)OC(=O)CC(Cl)C(F)CCCCCCCCCCCCCC. The molecule has 0 spiro atoms. The first-order chi connectivity index (χ1) is 20.0. The molecule has 244 valence electrons. The summed E-state index contributed by atoms with van der Waals surface area (Å²) in [5.74, 6) is -1.21. The van der Waals surface area contributed by atoms with Gasteiger partial charge in [0.1, 0.15) is 6.17 Å². The Bertz CT molecular complexity index is 571. The molecule has 0 aromatic carbocycles. The van der Waals surface area contributed by atoms with Crippen LogP contribution in [0.2, 0.25) is 0 Å². The van der Waals surface area contributed by atoms with Gasteiger partial charge in [-0.25, -0.2) is 4.39 Å². The molecule has 2 atom stereocenters. The van der Waals surface area contributed by atoms with E-state index in [1.54, 1.807) is 0 Å². The summed E-state index contributed by atoms with van der Waals surface area (Å²) in [4.78, 5) is 24.0. The minimum Gasteiger partial charge on any atom is -0.393 e. The maximum atomic E-state index is 14.4. The van der Waals surface area contributed by atoms with Crippen molar-refractivity contribution in [2.24, 2.45) is 0 Å². The fourth-order valence-corrected chi connectivity index (χ4v) is 5.76. The number of esters is 2. The van der Waals surface area contributed by atoms with Gasteiger partial charge in [0.2, 0.25) is 0 Å². The number of unbranched alkanes of at least 4 members (excludes halogenated alkanes) is 25. The van der Waals surface area contributed by atoms with E-state index in [0.717, 1.165) is 38.5 Å². The molecule has 0 aromatic heterocycles. The Morgan fingerprint density at radius 2 is 0.829 bits per heavy atom. The fourth-order valence-electron chi connectivity index (χ4n) is 5.51. The van der Waals surface area contributed by atoms with Gasteiger partial charge in [0, 0.05) is 6.42 Å². The lowest BCUT2D eigenvalue weighted by molar-refractivity contribution is -0.159. The molecule has 0 aliphatic carbocycles. The summed E-state index contributed by atoms with van der Waals surface area (Å²) < 4.78 is 19.3. The Kier molecular flexibility index (Phi) is 31.8. The first-order valence-corrected chi connectivity index (χ1v) is 18.5. The molecule has 0 radical (unpaired) electrons. The van der Waals surface area contributed by atoms with Gasteiger partial charge in [-0.2, -0.15) is 0 Å². The van der Waals surface area contributed by atoms with Crippen molar-refractivity contribution >= 4 is 23.5 Å². The summed E-state index contributed by atoms with van der Waals surface area (Å²) in [5.41, 5.74) is 0. The second kappa shape index (κ2) is 32.3. The van der Waals surface area contributed by atoms with Gasteiger partial charge in [-0.3, -0.25) is 9.59 Å². The van der Waals surface area contributed by atoms with Crippen molar-refractivity contribution in [1.82, 2.24) is 0 Å². The van der Waals surface area contributed by atoms with E-state index in [4.69, 9.17) is 16.3 Å². The van der Waals surface area contributed by atoms with Crippen LogP contribution in [0.3, 0.4) is 0 Å². The smallest absolute Gasteiger partial charge is 0.315 e. The average Bonchev–Trinajstić information content (AvgIpc) is 2.95. The quantitative estimate of drug-likeness (QED) is 0.0333. The Morgan fingerprint density at radius 3 is 1.20 bits per heavy atom. The molecule has 0 N–H and O–H groups in total. The van der Waals surface area contributed by atoms with Gasteiger partial charge in [0.15, 0.2) is 0 Å². The van der Waals surface area contributed by atoms with E-state index >= 15 is 0 Å². The van der Waals surface area contributed by atoms with Gasteiger partial charge in [0.25, 0.3) is 0 Å². The van der Waals surface area contributed by atoms with Crippen molar-refractivity contribution in [2.75, 3.05) is 0 Å². The summed E-state index contributed by atoms with van der Waals surface area (Å²) in [7, 11) is 0. The molecule has 0 fully saturated rings. The third-order valence-electron chi connectivity index (χ3n) is 8.30. The molecule has 41 heavy (non-hydrogen) atoms. The van der Waals surface area contributed by atoms with Crippen molar-refractivity contribution in [3.05, 3.63) is 0 Å². The number of carbonyl (C=O) groups is 2. The number of carbonyl (C=O) groups excluding carboxylic acids is 2. The normalized spacial score (nSPS) is 12.9. The molecular formula is C36H68ClFO3. The predicted molar refractivity (Wildman–Crippen MR) is 175 cm³/mol. The first-order valence-electron chi connectivity index (χ1n) is 18.0. The van der Waals surface area contributed by atoms with Crippen LogP contribution in [0.15, 0.2) is 0 Å². The second-order valence-electron chi connectivity index (χ2n) is 12.5. The lowest BCUT2D eigenvalue weighted by Gasteiger charge is -2.14. The van der Waals surface area contributed by atoms with Crippen molar-refractivity contribution in [2.45, 2.75) is 218 Å². The van der Waals surface area contributed by atoms with Gasteiger partial charge < -0.3 is 4.74 Å². The summed E-state index contributed by atoms with van der Waals surface area (Å²) in [6, 6.07) is 0. The van der Waals surface area contributed by atoms with Crippen LogP contribution in [0.1, 0.15) is 206 Å². The number of halogens is 2. The van der Waals surface area contributed by atoms with Crippen LogP contribution in [-0.2, 0) is 14.3 Å². The van der Waals surface area contributed by atoms with Crippen LogP contribution < -0.4 is 0 Å². The molecule has 0 saturated carbocycles. The molecule has 0 aromatic rings.